The van der Waals surface area contributed by atoms with Crippen LogP contribution in [-0.2, 0) is 19.4 Å². The second-order valence-corrected chi connectivity index (χ2v) is 9.90. The van der Waals surface area contributed by atoms with E-state index in [-0.39, 0.29) is 35.7 Å². The van der Waals surface area contributed by atoms with Gasteiger partial charge >= 0.3 is 0 Å². The van der Waals surface area contributed by atoms with Crippen molar-refractivity contribution in [2.45, 2.75) is 29.4 Å². The number of carbonyl (C=O) groups excluding carboxylic acids is 1. The topological polar surface area (TPSA) is 60.4 Å². The number of rotatable bonds is 2. The van der Waals surface area contributed by atoms with Crippen LogP contribution in [-0.4, -0.2) is 20.8 Å². The van der Waals surface area contributed by atoms with Gasteiger partial charge in [-0.25, -0.2) is 17.2 Å². The zero-order valence-corrected chi connectivity index (χ0v) is 16.5. The molecule has 148 valence electrons. The summed E-state index contributed by atoms with van der Waals surface area (Å²) in [6, 6.07) is 7.36. The molecule has 1 aliphatic heterocycles. The van der Waals surface area contributed by atoms with Crippen molar-refractivity contribution in [3.05, 3.63) is 58.6 Å². The van der Waals surface area contributed by atoms with E-state index in [0.29, 0.717) is 5.02 Å². The highest BCUT2D eigenvalue weighted by Gasteiger charge is 2.61. The Morgan fingerprint density at radius 3 is 2.43 bits per heavy atom. The highest BCUT2D eigenvalue weighted by Crippen LogP contribution is 2.57. The molecule has 4 rings (SSSR count). The molecule has 1 heterocycles. The fraction of sp³-hybridized carbons (Fsp3) is 0.350. The van der Waals surface area contributed by atoms with Gasteiger partial charge in [0.1, 0.15) is 16.3 Å². The lowest BCUT2D eigenvalue weighted by molar-refractivity contribution is -0.128. The van der Waals surface area contributed by atoms with Crippen LogP contribution in [0.1, 0.15) is 25.3 Å². The number of halogens is 3. The SMILES string of the molecule is C[C@@H]1C(=O)CC[C@@]2(S(=O)(=O)c3ccc(Cl)cc3)c3c(F)ccc(F)c3OC[C@@H]12. The third kappa shape index (κ3) is 2.52. The molecule has 1 aliphatic carbocycles. The number of ketones is 1. The third-order valence-corrected chi connectivity index (χ3v) is 8.76. The van der Waals surface area contributed by atoms with E-state index in [1.807, 2.05) is 0 Å². The van der Waals surface area contributed by atoms with Crippen molar-refractivity contribution in [2.24, 2.45) is 11.8 Å². The average Bonchev–Trinajstić information content (AvgIpc) is 2.67. The van der Waals surface area contributed by atoms with Crippen LogP contribution in [0, 0.1) is 23.5 Å². The van der Waals surface area contributed by atoms with Crippen molar-refractivity contribution in [1.82, 2.24) is 0 Å². The molecule has 1 saturated carbocycles. The number of Topliss-reactive ketones (excluding diaryl/α,β-unsaturated/α-hetero) is 1. The summed E-state index contributed by atoms with van der Waals surface area (Å²) in [5.41, 5.74) is -0.321. The summed E-state index contributed by atoms with van der Waals surface area (Å²) >= 11 is 5.88. The molecule has 3 atom stereocenters. The maximum Gasteiger partial charge on any atom is 0.188 e. The van der Waals surface area contributed by atoms with Gasteiger partial charge in [-0.15, -0.1) is 0 Å². The van der Waals surface area contributed by atoms with E-state index in [4.69, 9.17) is 16.3 Å². The van der Waals surface area contributed by atoms with E-state index in [9.17, 15) is 22.0 Å². The first-order valence-corrected chi connectivity index (χ1v) is 10.7. The van der Waals surface area contributed by atoms with Crippen molar-refractivity contribution < 1.29 is 26.7 Å². The number of ether oxygens (including phenoxy) is 1. The molecule has 2 aromatic rings. The quantitative estimate of drug-likeness (QED) is 0.718. The van der Waals surface area contributed by atoms with Crippen molar-refractivity contribution in [2.75, 3.05) is 6.61 Å². The van der Waals surface area contributed by atoms with Crippen molar-refractivity contribution >= 4 is 27.2 Å². The van der Waals surface area contributed by atoms with E-state index >= 15 is 0 Å². The maximum absolute atomic E-state index is 15.0. The molecule has 0 bridgehead atoms. The van der Waals surface area contributed by atoms with E-state index in [0.717, 1.165) is 12.1 Å². The summed E-state index contributed by atoms with van der Waals surface area (Å²) in [6.07, 6.45) is -0.178. The molecular formula is C20H17ClF2O4S. The Labute approximate surface area is 166 Å². The van der Waals surface area contributed by atoms with E-state index in [1.165, 1.54) is 24.3 Å². The first-order chi connectivity index (χ1) is 13.2. The van der Waals surface area contributed by atoms with Gasteiger partial charge in [0.15, 0.2) is 21.4 Å². The van der Waals surface area contributed by atoms with Crippen LogP contribution in [0.3, 0.4) is 0 Å². The minimum atomic E-state index is -4.21. The Morgan fingerprint density at radius 1 is 1.11 bits per heavy atom. The minimum Gasteiger partial charge on any atom is -0.490 e. The molecule has 8 heteroatoms. The molecule has 0 radical (unpaired) electrons. The van der Waals surface area contributed by atoms with E-state index < -0.39 is 43.8 Å². The standard InChI is InChI=1S/C20H17ClF2O4S/c1-11-14-10-27-19-16(23)7-6-15(22)18(19)20(14,9-8-17(11)24)28(25,26)13-4-2-12(21)3-5-13/h2-7,11,14H,8-10H2,1H3/t11-,14-,20-/m0/s1. The number of sulfone groups is 1. The molecule has 0 unspecified atom stereocenters. The van der Waals surface area contributed by atoms with Crippen LogP contribution in [0.2, 0.25) is 5.02 Å². The van der Waals surface area contributed by atoms with Gasteiger partial charge in [-0.2, -0.15) is 0 Å². The van der Waals surface area contributed by atoms with Gasteiger partial charge in [-0.3, -0.25) is 4.79 Å². The number of benzene rings is 2. The zero-order chi connectivity index (χ0) is 20.3. The van der Waals surface area contributed by atoms with Crippen LogP contribution in [0.15, 0.2) is 41.3 Å². The molecule has 2 aromatic carbocycles. The molecule has 0 aromatic heterocycles. The van der Waals surface area contributed by atoms with Crippen LogP contribution in [0.4, 0.5) is 8.78 Å². The van der Waals surface area contributed by atoms with Gasteiger partial charge in [0.25, 0.3) is 0 Å². The lowest BCUT2D eigenvalue weighted by Gasteiger charge is -2.49. The predicted molar refractivity (Wildman–Crippen MR) is 99.1 cm³/mol. The Hall–Kier alpha value is -1.99. The first kappa shape index (κ1) is 19.3. The van der Waals surface area contributed by atoms with Crippen LogP contribution in [0.5, 0.6) is 5.75 Å². The second kappa shape index (κ2) is 6.52. The number of hydrogen-bond donors (Lipinski definition) is 0. The zero-order valence-electron chi connectivity index (χ0n) is 14.9. The van der Waals surface area contributed by atoms with Crippen LogP contribution >= 0.6 is 11.6 Å². The van der Waals surface area contributed by atoms with Crippen LogP contribution in [0.25, 0.3) is 0 Å². The van der Waals surface area contributed by atoms with E-state index in [2.05, 4.69) is 0 Å². The van der Waals surface area contributed by atoms with Gasteiger partial charge in [-0.1, -0.05) is 18.5 Å². The molecular weight excluding hydrogens is 410 g/mol. The summed E-state index contributed by atoms with van der Waals surface area (Å²) in [4.78, 5) is 12.3. The Bertz CT molecular complexity index is 1070. The molecule has 1 fully saturated rings. The molecule has 0 N–H and O–H groups in total. The molecule has 0 amide bonds. The average molecular weight is 427 g/mol. The molecule has 2 aliphatic rings. The van der Waals surface area contributed by atoms with Gasteiger partial charge in [0.2, 0.25) is 0 Å². The largest absolute Gasteiger partial charge is 0.490 e. The van der Waals surface area contributed by atoms with Gasteiger partial charge in [-0.05, 0) is 42.8 Å². The molecule has 4 nitrogen and oxygen atoms in total. The summed E-state index contributed by atoms with van der Waals surface area (Å²) in [6.45, 7) is 1.43. The van der Waals surface area contributed by atoms with Gasteiger partial charge < -0.3 is 4.74 Å². The fourth-order valence-corrected chi connectivity index (χ4v) is 7.01. The second-order valence-electron chi connectivity index (χ2n) is 7.25. The van der Waals surface area contributed by atoms with Crippen molar-refractivity contribution in [3.8, 4) is 5.75 Å². The van der Waals surface area contributed by atoms with Gasteiger partial charge in [0.05, 0.1) is 17.1 Å². The Morgan fingerprint density at radius 2 is 1.75 bits per heavy atom. The Balaban J connectivity index is 2.06. The highest BCUT2D eigenvalue weighted by atomic mass is 35.5. The smallest absolute Gasteiger partial charge is 0.188 e. The van der Waals surface area contributed by atoms with E-state index in [1.54, 1.807) is 6.92 Å². The number of fused-ring (bicyclic) bond motifs is 3. The number of carbonyl (C=O) groups is 1. The monoisotopic (exact) mass is 426 g/mol. The minimum absolute atomic E-state index is 0.0418. The molecule has 0 spiro atoms. The lowest BCUT2D eigenvalue weighted by atomic mass is 9.67. The third-order valence-electron chi connectivity index (χ3n) is 5.95. The predicted octanol–water partition coefficient (Wildman–Crippen LogP) is 4.30. The lowest BCUT2D eigenvalue weighted by Crippen LogP contribution is -2.55. The maximum atomic E-state index is 15.0. The normalized spacial score (nSPS) is 26.9. The number of hydrogen-bond acceptors (Lipinski definition) is 4. The first-order valence-electron chi connectivity index (χ1n) is 8.84. The summed E-state index contributed by atoms with van der Waals surface area (Å²) in [5, 5.41) is 0.352. The van der Waals surface area contributed by atoms with Crippen molar-refractivity contribution in [3.63, 3.8) is 0 Å². The molecule has 0 saturated heterocycles. The molecule has 28 heavy (non-hydrogen) atoms. The summed E-state index contributed by atoms with van der Waals surface area (Å²) in [5.74, 6) is -3.71. The summed E-state index contributed by atoms with van der Waals surface area (Å²) < 4.78 is 60.7. The summed E-state index contributed by atoms with van der Waals surface area (Å²) in [7, 11) is -4.21. The van der Waals surface area contributed by atoms with Crippen LogP contribution < -0.4 is 4.74 Å². The van der Waals surface area contributed by atoms with Crippen molar-refractivity contribution in [1.29, 1.82) is 0 Å². The Kier molecular flexibility index (Phi) is 4.50. The highest BCUT2D eigenvalue weighted by molar-refractivity contribution is 7.92. The fourth-order valence-electron chi connectivity index (χ4n) is 4.47. The van der Waals surface area contributed by atoms with Gasteiger partial charge in [0, 0.05) is 23.3 Å².